The molecule has 1 atom stereocenters. The molecule has 0 amide bonds. The van der Waals surface area contributed by atoms with Crippen molar-refractivity contribution in [2.24, 2.45) is 5.92 Å². The van der Waals surface area contributed by atoms with Gasteiger partial charge in [0.15, 0.2) is 0 Å². The lowest BCUT2D eigenvalue weighted by atomic mass is 9.92. The lowest BCUT2D eigenvalue weighted by molar-refractivity contribution is 0.0899. The SMILES string of the molecule is CCCn1ncc(Cl)c1C(O)C1CCCCCC1. The standard InChI is InChI=1S/C14H23ClN2O/c1-2-9-17-13(12(15)10-16-17)14(18)11-7-5-3-4-6-8-11/h10-11,14,18H,2-9H2,1H3. The third kappa shape index (κ3) is 3.07. The van der Waals surface area contributed by atoms with Crippen molar-refractivity contribution in [1.82, 2.24) is 9.78 Å². The highest BCUT2D eigenvalue weighted by Gasteiger charge is 2.27. The first-order valence-electron chi connectivity index (χ1n) is 7.13. The van der Waals surface area contributed by atoms with E-state index in [9.17, 15) is 5.11 Å². The van der Waals surface area contributed by atoms with Crippen LogP contribution in [0.5, 0.6) is 0 Å². The van der Waals surface area contributed by atoms with Crippen molar-refractivity contribution in [2.75, 3.05) is 0 Å². The lowest BCUT2D eigenvalue weighted by Crippen LogP contribution is -2.17. The molecule has 3 nitrogen and oxygen atoms in total. The summed E-state index contributed by atoms with van der Waals surface area (Å²) in [4.78, 5) is 0. The van der Waals surface area contributed by atoms with Gasteiger partial charge in [-0.05, 0) is 25.2 Å². The second kappa shape index (κ2) is 6.58. The van der Waals surface area contributed by atoms with Crippen LogP contribution in [0.25, 0.3) is 0 Å². The van der Waals surface area contributed by atoms with Crippen molar-refractivity contribution in [3.05, 3.63) is 16.9 Å². The summed E-state index contributed by atoms with van der Waals surface area (Å²) in [5.74, 6) is 0.345. The Morgan fingerprint density at radius 1 is 1.39 bits per heavy atom. The summed E-state index contributed by atoms with van der Waals surface area (Å²) < 4.78 is 1.87. The third-order valence-corrected chi connectivity index (χ3v) is 4.19. The number of nitrogens with zero attached hydrogens (tertiary/aromatic N) is 2. The molecule has 1 N–H and O–H groups in total. The van der Waals surface area contributed by atoms with Crippen LogP contribution in [0.15, 0.2) is 6.20 Å². The number of aliphatic hydroxyl groups is 1. The predicted octanol–water partition coefficient (Wildman–Crippen LogP) is 3.95. The average Bonchev–Trinajstić information content (AvgIpc) is 2.58. The molecule has 1 heterocycles. The zero-order valence-corrected chi connectivity index (χ0v) is 11.9. The summed E-state index contributed by atoms with van der Waals surface area (Å²) in [5, 5.41) is 15.5. The number of hydrogen-bond donors (Lipinski definition) is 1. The molecular formula is C14H23ClN2O. The van der Waals surface area contributed by atoms with E-state index < -0.39 is 6.10 Å². The van der Waals surface area contributed by atoms with Crippen molar-refractivity contribution in [2.45, 2.75) is 64.5 Å². The lowest BCUT2D eigenvalue weighted by Gasteiger charge is -2.22. The average molecular weight is 271 g/mol. The van der Waals surface area contributed by atoms with E-state index in [4.69, 9.17) is 11.6 Å². The first-order chi connectivity index (χ1) is 8.74. The van der Waals surface area contributed by atoms with Crippen molar-refractivity contribution in [3.8, 4) is 0 Å². The second-order valence-corrected chi connectivity index (χ2v) is 5.70. The molecule has 1 unspecified atom stereocenters. The summed E-state index contributed by atoms with van der Waals surface area (Å²) >= 11 is 6.19. The van der Waals surface area contributed by atoms with E-state index in [1.54, 1.807) is 6.20 Å². The largest absolute Gasteiger partial charge is 0.386 e. The van der Waals surface area contributed by atoms with Gasteiger partial charge in [0.1, 0.15) is 0 Å². The molecule has 0 bridgehead atoms. The Bertz CT molecular complexity index is 370. The van der Waals surface area contributed by atoms with Crippen LogP contribution in [0, 0.1) is 5.92 Å². The Hall–Kier alpha value is -0.540. The maximum Gasteiger partial charge on any atom is 0.0999 e. The molecule has 1 aliphatic rings. The molecule has 0 aliphatic heterocycles. The molecule has 0 aromatic carbocycles. The predicted molar refractivity (Wildman–Crippen MR) is 73.7 cm³/mol. The molecule has 0 radical (unpaired) electrons. The Morgan fingerprint density at radius 3 is 2.67 bits per heavy atom. The topological polar surface area (TPSA) is 38.0 Å². The van der Waals surface area contributed by atoms with E-state index in [1.165, 1.54) is 25.7 Å². The van der Waals surface area contributed by atoms with Crippen LogP contribution in [-0.4, -0.2) is 14.9 Å². The summed E-state index contributed by atoms with van der Waals surface area (Å²) in [5.41, 5.74) is 0.824. The normalized spacial score (nSPS) is 19.7. The Morgan fingerprint density at radius 2 is 2.06 bits per heavy atom. The maximum absolute atomic E-state index is 10.6. The van der Waals surface area contributed by atoms with Crippen molar-refractivity contribution in [1.29, 1.82) is 0 Å². The van der Waals surface area contributed by atoms with Gasteiger partial charge in [0.25, 0.3) is 0 Å². The van der Waals surface area contributed by atoms with Crippen molar-refractivity contribution >= 4 is 11.6 Å². The molecule has 1 aromatic rings. The number of aryl methyl sites for hydroxylation is 1. The molecular weight excluding hydrogens is 248 g/mol. The zero-order chi connectivity index (χ0) is 13.0. The van der Waals surface area contributed by atoms with Gasteiger partial charge in [0.2, 0.25) is 0 Å². The highest BCUT2D eigenvalue weighted by atomic mass is 35.5. The van der Waals surface area contributed by atoms with Crippen LogP contribution in [0.2, 0.25) is 5.02 Å². The van der Waals surface area contributed by atoms with Gasteiger partial charge in [0, 0.05) is 6.54 Å². The quantitative estimate of drug-likeness (QED) is 0.842. The molecule has 18 heavy (non-hydrogen) atoms. The highest BCUT2D eigenvalue weighted by molar-refractivity contribution is 6.31. The van der Waals surface area contributed by atoms with Gasteiger partial charge in [0.05, 0.1) is 23.0 Å². The van der Waals surface area contributed by atoms with Crippen LogP contribution in [0.1, 0.15) is 63.7 Å². The van der Waals surface area contributed by atoms with Gasteiger partial charge in [-0.2, -0.15) is 5.10 Å². The second-order valence-electron chi connectivity index (χ2n) is 5.30. The van der Waals surface area contributed by atoms with Gasteiger partial charge in [-0.3, -0.25) is 4.68 Å². The highest BCUT2D eigenvalue weighted by Crippen LogP contribution is 2.36. The third-order valence-electron chi connectivity index (χ3n) is 3.90. The fourth-order valence-electron chi connectivity index (χ4n) is 2.91. The summed E-state index contributed by atoms with van der Waals surface area (Å²) in [6, 6.07) is 0. The van der Waals surface area contributed by atoms with Crippen LogP contribution >= 0.6 is 11.6 Å². The van der Waals surface area contributed by atoms with Crippen molar-refractivity contribution < 1.29 is 5.11 Å². The number of aromatic nitrogens is 2. The van der Waals surface area contributed by atoms with E-state index in [1.807, 2.05) is 4.68 Å². The molecule has 1 aliphatic carbocycles. The fraction of sp³-hybridized carbons (Fsp3) is 0.786. The number of hydrogen-bond acceptors (Lipinski definition) is 2. The minimum absolute atomic E-state index is 0.345. The minimum Gasteiger partial charge on any atom is -0.386 e. The fourth-order valence-corrected chi connectivity index (χ4v) is 3.16. The molecule has 4 heteroatoms. The van der Waals surface area contributed by atoms with Gasteiger partial charge >= 0.3 is 0 Å². The van der Waals surface area contributed by atoms with Crippen LogP contribution in [0.3, 0.4) is 0 Å². The summed E-state index contributed by atoms with van der Waals surface area (Å²) in [7, 11) is 0. The maximum atomic E-state index is 10.6. The smallest absolute Gasteiger partial charge is 0.0999 e. The monoisotopic (exact) mass is 270 g/mol. The van der Waals surface area contributed by atoms with Gasteiger partial charge < -0.3 is 5.11 Å². The summed E-state index contributed by atoms with van der Waals surface area (Å²) in [6.07, 6.45) is 9.46. The van der Waals surface area contributed by atoms with E-state index in [2.05, 4.69) is 12.0 Å². The zero-order valence-electron chi connectivity index (χ0n) is 11.1. The molecule has 0 saturated heterocycles. The Balaban J connectivity index is 2.15. The summed E-state index contributed by atoms with van der Waals surface area (Å²) in [6.45, 7) is 2.93. The molecule has 2 rings (SSSR count). The van der Waals surface area contributed by atoms with Gasteiger partial charge in [-0.25, -0.2) is 0 Å². The molecule has 0 spiro atoms. The molecule has 1 aromatic heterocycles. The van der Waals surface area contributed by atoms with Crippen LogP contribution < -0.4 is 0 Å². The van der Waals surface area contributed by atoms with Gasteiger partial charge in [-0.1, -0.05) is 44.2 Å². The van der Waals surface area contributed by atoms with Crippen molar-refractivity contribution in [3.63, 3.8) is 0 Å². The number of halogens is 1. The minimum atomic E-state index is -0.454. The molecule has 102 valence electrons. The van der Waals surface area contributed by atoms with E-state index in [0.29, 0.717) is 10.9 Å². The van der Waals surface area contributed by atoms with Crippen LogP contribution in [-0.2, 0) is 6.54 Å². The number of rotatable bonds is 4. The first-order valence-corrected chi connectivity index (χ1v) is 7.51. The van der Waals surface area contributed by atoms with E-state index in [-0.39, 0.29) is 0 Å². The van der Waals surface area contributed by atoms with E-state index in [0.717, 1.165) is 31.5 Å². The Labute approximate surface area is 114 Å². The first kappa shape index (κ1) is 13.9. The van der Waals surface area contributed by atoms with Gasteiger partial charge in [-0.15, -0.1) is 0 Å². The van der Waals surface area contributed by atoms with E-state index >= 15 is 0 Å². The van der Waals surface area contributed by atoms with Crippen LogP contribution in [0.4, 0.5) is 0 Å². The molecule has 1 fully saturated rings. The number of aliphatic hydroxyl groups excluding tert-OH is 1. The molecule has 1 saturated carbocycles. The Kier molecular flexibility index (Phi) is 5.07.